The molecular weight excluding hydrogens is 248 g/mol. The molecule has 0 aromatic heterocycles. The van der Waals surface area contributed by atoms with E-state index in [1.807, 2.05) is 60.7 Å². The van der Waals surface area contributed by atoms with Crippen LogP contribution in [0.3, 0.4) is 0 Å². The highest BCUT2D eigenvalue weighted by molar-refractivity contribution is 5.73. The summed E-state index contributed by atoms with van der Waals surface area (Å²) in [6.07, 6.45) is 6.47. The van der Waals surface area contributed by atoms with Gasteiger partial charge < -0.3 is 4.79 Å². The lowest BCUT2D eigenvalue weighted by molar-refractivity contribution is -0.107. The predicted molar refractivity (Wildman–Crippen MR) is 82.4 cm³/mol. The third-order valence-electron chi connectivity index (χ3n) is 2.56. The smallest absolute Gasteiger partial charge is 0.142 e. The molecule has 2 aromatic carbocycles. The normalized spacial score (nSPS) is 9.60. The van der Waals surface area contributed by atoms with Gasteiger partial charge >= 0.3 is 0 Å². The number of hydrogen-bond donors (Lipinski definition) is 0. The van der Waals surface area contributed by atoms with E-state index in [9.17, 15) is 9.59 Å². The van der Waals surface area contributed by atoms with Gasteiger partial charge in [0.05, 0.1) is 0 Å². The van der Waals surface area contributed by atoms with E-state index in [1.54, 1.807) is 6.08 Å². The molecule has 0 N–H and O–H groups in total. The fourth-order valence-electron chi connectivity index (χ4n) is 1.58. The number of benzene rings is 2. The Labute approximate surface area is 119 Å². The van der Waals surface area contributed by atoms with Crippen molar-refractivity contribution in [1.82, 2.24) is 0 Å². The second-order valence-electron chi connectivity index (χ2n) is 4.10. The van der Waals surface area contributed by atoms with E-state index < -0.39 is 0 Å². The van der Waals surface area contributed by atoms with Gasteiger partial charge in [0.15, 0.2) is 0 Å². The van der Waals surface area contributed by atoms with Gasteiger partial charge in [0.25, 0.3) is 0 Å². The first-order chi connectivity index (χ1) is 9.86. The Morgan fingerprint density at radius 2 is 1.40 bits per heavy atom. The van der Waals surface area contributed by atoms with Crippen molar-refractivity contribution >= 4 is 18.6 Å². The molecule has 0 unspecified atom stereocenters. The van der Waals surface area contributed by atoms with Crippen molar-refractivity contribution in [3.63, 3.8) is 0 Å². The molecule has 20 heavy (non-hydrogen) atoms. The van der Waals surface area contributed by atoms with Crippen LogP contribution in [0.15, 0.2) is 66.7 Å². The van der Waals surface area contributed by atoms with Gasteiger partial charge in [0.1, 0.15) is 12.6 Å². The Balaban J connectivity index is 0.000000200. The summed E-state index contributed by atoms with van der Waals surface area (Å²) in [4.78, 5) is 19.9. The van der Waals surface area contributed by atoms with Crippen LogP contribution in [-0.4, -0.2) is 12.6 Å². The Hall–Kier alpha value is -2.48. The quantitative estimate of drug-likeness (QED) is 0.610. The molecule has 2 nitrogen and oxygen atoms in total. The van der Waals surface area contributed by atoms with Crippen LogP contribution in [0, 0.1) is 0 Å². The van der Waals surface area contributed by atoms with E-state index in [0.29, 0.717) is 6.42 Å². The van der Waals surface area contributed by atoms with Gasteiger partial charge in [-0.25, -0.2) is 0 Å². The Morgan fingerprint density at radius 3 is 1.95 bits per heavy atom. The van der Waals surface area contributed by atoms with Crippen LogP contribution < -0.4 is 0 Å². The SMILES string of the molecule is O=C/C=C/c1ccccc1.O=CCCc1ccccc1. The minimum atomic E-state index is 0.629. The third kappa shape index (κ3) is 7.07. The molecule has 0 saturated carbocycles. The number of aryl methyl sites for hydroxylation is 1. The molecule has 0 spiro atoms. The van der Waals surface area contributed by atoms with Crippen molar-refractivity contribution in [2.75, 3.05) is 0 Å². The van der Waals surface area contributed by atoms with Crippen molar-refractivity contribution in [3.8, 4) is 0 Å². The molecule has 0 aliphatic heterocycles. The van der Waals surface area contributed by atoms with Gasteiger partial charge in [-0.3, -0.25) is 4.79 Å². The number of hydrogen-bond acceptors (Lipinski definition) is 2. The van der Waals surface area contributed by atoms with Crippen LogP contribution in [0.25, 0.3) is 6.08 Å². The molecule has 0 atom stereocenters. The van der Waals surface area contributed by atoms with Crippen molar-refractivity contribution in [2.45, 2.75) is 12.8 Å². The number of aldehydes is 2. The molecule has 0 aliphatic carbocycles. The molecule has 0 radical (unpaired) electrons. The van der Waals surface area contributed by atoms with Crippen molar-refractivity contribution in [2.24, 2.45) is 0 Å². The maximum Gasteiger partial charge on any atom is 0.142 e. The van der Waals surface area contributed by atoms with Crippen LogP contribution in [0.5, 0.6) is 0 Å². The summed E-state index contributed by atoms with van der Waals surface area (Å²) in [5.74, 6) is 0. The lowest BCUT2D eigenvalue weighted by Gasteiger charge is -1.93. The van der Waals surface area contributed by atoms with Gasteiger partial charge in [0, 0.05) is 6.42 Å². The van der Waals surface area contributed by atoms with Gasteiger partial charge in [-0.05, 0) is 23.6 Å². The number of carbonyl (C=O) groups is 2. The van der Waals surface area contributed by atoms with E-state index in [0.717, 1.165) is 24.6 Å². The molecule has 102 valence electrons. The van der Waals surface area contributed by atoms with Crippen LogP contribution in [0.1, 0.15) is 17.5 Å². The van der Waals surface area contributed by atoms with E-state index in [1.165, 1.54) is 11.6 Å². The Morgan fingerprint density at radius 1 is 0.800 bits per heavy atom. The fourth-order valence-corrected chi connectivity index (χ4v) is 1.58. The molecule has 0 bridgehead atoms. The zero-order valence-corrected chi connectivity index (χ0v) is 11.3. The van der Waals surface area contributed by atoms with Crippen molar-refractivity contribution in [3.05, 3.63) is 77.9 Å². The largest absolute Gasteiger partial charge is 0.303 e. The van der Waals surface area contributed by atoms with E-state index in [2.05, 4.69) is 0 Å². The topological polar surface area (TPSA) is 34.1 Å². The van der Waals surface area contributed by atoms with E-state index in [-0.39, 0.29) is 0 Å². The summed E-state index contributed by atoms with van der Waals surface area (Å²) >= 11 is 0. The summed E-state index contributed by atoms with van der Waals surface area (Å²) in [5, 5.41) is 0. The fraction of sp³-hybridized carbons (Fsp3) is 0.111. The molecule has 0 aliphatic rings. The van der Waals surface area contributed by atoms with Gasteiger partial charge in [-0.15, -0.1) is 0 Å². The second kappa shape index (κ2) is 10.4. The van der Waals surface area contributed by atoms with Crippen molar-refractivity contribution in [1.29, 1.82) is 0 Å². The molecule has 2 heteroatoms. The first-order valence-electron chi connectivity index (χ1n) is 6.51. The number of carbonyl (C=O) groups excluding carboxylic acids is 2. The summed E-state index contributed by atoms with van der Waals surface area (Å²) in [7, 11) is 0. The van der Waals surface area contributed by atoms with Gasteiger partial charge in [-0.2, -0.15) is 0 Å². The summed E-state index contributed by atoms with van der Waals surface area (Å²) < 4.78 is 0. The lowest BCUT2D eigenvalue weighted by atomic mass is 10.1. The highest BCUT2D eigenvalue weighted by Crippen LogP contribution is 2.00. The van der Waals surface area contributed by atoms with Crippen LogP contribution >= 0.6 is 0 Å². The summed E-state index contributed by atoms with van der Waals surface area (Å²) in [5.41, 5.74) is 2.28. The third-order valence-corrected chi connectivity index (χ3v) is 2.56. The van der Waals surface area contributed by atoms with Crippen LogP contribution in [-0.2, 0) is 16.0 Å². The van der Waals surface area contributed by atoms with Crippen LogP contribution in [0.2, 0.25) is 0 Å². The first-order valence-corrected chi connectivity index (χ1v) is 6.51. The maximum absolute atomic E-state index is 9.98. The highest BCUT2D eigenvalue weighted by Gasteiger charge is 1.87. The van der Waals surface area contributed by atoms with Gasteiger partial charge in [-0.1, -0.05) is 66.7 Å². The highest BCUT2D eigenvalue weighted by atomic mass is 16.1. The number of allylic oxidation sites excluding steroid dienone is 1. The average molecular weight is 266 g/mol. The summed E-state index contributed by atoms with van der Waals surface area (Å²) in [6.45, 7) is 0. The second-order valence-corrected chi connectivity index (χ2v) is 4.10. The van der Waals surface area contributed by atoms with Crippen LogP contribution in [0.4, 0.5) is 0 Å². The molecule has 0 amide bonds. The first kappa shape index (κ1) is 15.6. The van der Waals surface area contributed by atoms with Crippen molar-refractivity contribution < 1.29 is 9.59 Å². The van der Waals surface area contributed by atoms with Gasteiger partial charge in [0.2, 0.25) is 0 Å². The Bertz CT molecular complexity index is 516. The molecule has 0 fully saturated rings. The minimum absolute atomic E-state index is 0.629. The number of rotatable bonds is 5. The molecule has 2 rings (SSSR count). The zero-order chi connectivity index (χ0) is 14.5. The molecule has 2 aromatic rings. The minimum Gasteiger partial charge on any atom is -0.303 e. The predicted octanol–water partition coefficient (Wildman–Crippen LogP) is 3.72. The maximum atomic E-state index is 9.98. The van der Waals surface area contributed by atoms with E-state index >= 15 is 0 Å². The zero-order valence-electron chi connectivity index (χ0n) is 11.3. The standard InChI is InChI=1S/C9H10O.C9H8O/c2*10-8-4-7-9-5-2-1-3-6-9/h1-3,5-6,8H,4,7H2;1-8H/b;7-4+. The average Bonchev–Trinajstić information content (AvgIpc) is 2.53. The van der Waals surface area contributed by atoms with E-state index in [4.69, 9.17) is 0 Å². The molecule has 0 saturated heterocycles. The molecular formula is C18H18O2. The Kier molecular flexibility index (Phi) is 8.13. The monoisotopic (exact) mass is 266 g/mol. The lowest BCUT2D eigenvalue weighted by Crippen LogP contribution is -1.83. The molecule has 0 heterocycles. The summed E-state index contributed by atoms with van der Waals surface area (Å²) in [6, 6.07) is 19.7.